The number of aliphatic hydroxyl groups excluding tert-OH is 1. The number of aliphatic hydroxyl groups is 1. The Kier molecular flexibility index (Phi) is 4.89. The van der Waals surface area contributed by atoms with Gasteiger partial charge in [-0.15, -0.1) is 11.3 Å². The highest BCUT2D eigenvalue weighted by molar-refractivity contribution is 7.16. The number of nitrogens with one attached hydrogen (secondary N) is 1. The molecule has 1 fully saturated rings. The minimum atomic E-state index is -0.885. The highest BCUT2D eigenvalue weighted by atomic mass is 32.1. The first-order chi connectivity index (χ1) is 13.0. The van der Waals surface area contributed by atoms with E-state index in [-0.39, 0.29) is 28.3 Å². The number of aromatic nitrogens is 3. The van der Waals surface area contributed by atoms with Gasteiger partial charge in [-0.1, -0.05) is 30.7 Å². The molecule has 1 saturated heterocycles. The van der Waals surface area contributed by atoms with Crippen molar-refractivity contribution in [2.45, 2.75) is 50.5 Å². The molecule has 0 spiro atoms. The number of hydrogen-bond donors (Lipinski definition) is 3. The van der Waals surface area contributed by atoms with Crippen molar-refractivity contribution in [3.63, 3.8) is 0 Å². The fourth-order valence-electron chi connectivity index (χ4n) is 3.67. The molecule has 0 bridgehead atoms. The Morgan fingerprint density at radius 3 is 3.04 bits per heavy atom. The van der Waals surface area contributed by atoms with Crippen molar-refractivity contribution in [3.8, 4) is 0 Å². The molecule has 10 heteroatoms. The van der Waals surface area contributed by atoms with E-state index < -0.39 is 22.8 Å². The van der Waals surface area contributed by atoms with Crippen molar-refractivity contribution in [1.82, 2.24) is 14.5 Å². The fraction of sp³-hybridized carbons (Fsp3) is 0.471. The zero-order valence-corrected chi connectivity index (χ0v) is 16.3. The summed E-state index contributed by atoms with van der Waals surface area (Å²) >= 11 is 2.44. The molecule has 0 aliphatic carbocycles. The molecule has 0 amide bonds. The van der Waals surface area contributed by atoms with Crippen LogP contribution in [0.2, 0.25) is 0 Å². The maximum Gasteiger partial charge on any atom is 0.311 e. The minimum absolute atomic E-state index is 0.0782. The summed E-state index contributed by atoms with van der Waals surface area (Å²) in [6, 6.07) is 4.07. The first-order valence-corrected chi connectivity index (χ1v) is 10.5. The number of thiazole rings is 1. The van der Waals surface area contributed by atoms with E-state index in [9.17, 15) is 14.7 Å². The van der Waals surface area contributed by atoms with Gasteiger partial charge in [-0.3, -0.25) is 19.1 Å². The molecule has 1 unspecified atom stereocenters. The molecule has 3 aromatic rings. The van der Waals surface area contributed by atoms with Crippen molar-refractivity contribution in [2.75, 3.05) is 5.73 Å². The predicted molar refractivity (Wildman–Crippen MR) is 105 cm³/mol. The molecule has 0 aromatic carbocycles. The Bertz CT molecular complexity index is 1060. The SMILES string of the molecule is CCCC(c1cccs1)[C@@H]1C[C@@H](O)[C@H](n2c(=O)sc3c(=O)[nH]c(N)nc32)O1. The molecule has 3 aromatic heterocycles. The number of ether oxygens (including phenoxy) is 1. The van der Waals surface area contributed by atoms with Crippen LogP contribution in [0.4, 0.5) is 5.95 Å². The van der Waals surface area contributed by atoms with E-state index in [1.807, 2.05) is 11.4 Å². The van der Waals surface area contributed by atoms with Crippen LogP contribution < -0.4 is 16.2 Å². The van der Waals surface area contributed by atoms with Crippen molar-refractivity contribution in [3.05, 3.63) is 42.4 Å². The first-order valence-electron chi connectivity index (χ1n) is 8.77. The molecule has 0 saturated carbocycles. The molecule has 1 aliphatic rings. The molecular weight excluding hydrogens is 388 g/mol. The summed E-state index contributed by atoms with van der Waals surface area (Å²) in [6.45, 7) is 2.11. The van der Waals surface area contributed by atoms with Gasteiger partial charge in [0.05, 0.1) is 6.10 Å². The van der Waals surface area contributed by atoms with Gasteiger partial charge >= 0.3 is 4.87 Å². The van der Waals surface area contributed by atoms with Crippen molar-refractivity contribution in [2.24, 2.45) is 0 Å². The van der Waals surface area contributed by atoms with E-state index in [0.29, 0.717) is 6.42 Å². The van der Waals surface area contributed by atoms with Crippen LogP contribution in [-0.2, 0) is 4.74 Å². The van der Waals surface area contributed by atoms with Gasteiger partial charge in [0.2, 0.25) is 5.95 Å². The van der Waals surface area contributed by atoms with Gasteiger partial charge in [0.15, 0.2) is 11.9 Å². The van der Waals surface area contributed by atoms with Crippen LogP contribution in [-0.4, -0.2) is 31.8 Å². The molecule has 144 valence electrons. The van der Waals surface area contributed by atoms with Crippen LogP contribution in [0.3, 0.4) is 0 Å². The van der Waals surface area contributed by atoms with Crippen molar-refractivity contribution >= 4 is 39.0 Å². The van der Waals surface area contributed by atoms with E-state index in [1.54, 1.807) is 11.3 Å². The summed E-state index contributed by atoms with van der Waals surface area (Å²) in [5.41, 5.74) is 5.32. The Labute approximate surface area is 162 Å². The second-order valence-electron chi connectivity index (χ2n) is 6.62. The number of aromatic amines is 1. The van der Waals surface area contributed by atoms with Crippen LogP contribution in [0.15, 0.2) is 27.1 Å². The fourth-order valence-corrected chi connectivity index (χ4v) is 5.42. The molecular formula is C17H20N4O4S2. The Morgan fingerprint density at radius 1 is 1.52 bits per heavy atom. The molecule has 0 radical (unpaired) electrons. The first kappa shape index (κ1) is 18.4. The molecule has 8 nitrogen and oxygen atoms in total. The highest BCUT2D eigenvalue weighted by Crippen LogP contribution is 2.40. The maximum absolute atomic E-state index is 12.5. The van der Waals surface area contributed by atoms with E-state index in [1.165, 1.54) is 9.44 Å². The van der Waals surface area contributed by atoms with Gasteiger partial charge in [-0.05, 0) is 17.9 Å². The smallest absolute Gasteiger partial charge is 0.311 e. The lowest BCUT2D eigenvalue weighted by Gasteiger charge is -2.22. The van der Waals surface area contributed by atoms with Crippen LogP contribution in [0.25, 0.3) is 10.3 Å². The monoisotopic (exact) mass is 408 g/mol. The number of thiophene rings is 1. The molecule has 4 heterocycles. The number of rotatable bonds is 5. The lowest BCUT2D eigenvalue weighted by Crippen LogP contribution is -2.27. The molecule has 1 aliphatic heterocycles. The van der Waals surface area contributed by atoms with Gasteiger partial charge in [0.25, 0.3) is 5.56 Å². The number of nitrogens with two attached hydrogens (primary N) is 1. The average molecular weight is 409 g/mol. The van der Waals surface area contributed by atoms with Crippen LogP contribution >= 0.6 is 22.7 Å². The number of nitrogen functional groups attached to an aromatic ring is 1. The predicted octanol–water partition coefficient (Wildman–Crippen LogP) is 2.02. The average Bonchev–Trinajstić information content (AvgIpc) is 3.32. The second-order valence-corrected chi connectivity index (χ2v) is 8.56. The van der Waals surface area contributed by atoms with Crippen LogP contribution in [0, 0.1) is 0 Å². The summed E-state index contributed by atoms with van der Waals surface area (Å²) < 4.78 is 7.59. The maximum atomic E-state index is 12.5. The quantitative estimate of drug-likeness (QED) is 0.593. The zero-order chi connectivity index (χ0) is 19.1. The third-order valence-corrected chi connectivity index (χ3v) is 6.77. The summed E-state index contributed by atoms with van der Waals surface area (Å²) in [4.78, 5) is 31.9. The normalized spacial score (nSPS) is 23.9. The number of H-pyrrole nitrogens is 1. The van der Waals surface area contributed by atoms with Crippen LogP contribution in [0.5, 0.6) is 0 Å². The lowest BCUT2D eigenvalue weighted by molar-refractivity contribution is -0.0435. The number of anilines is 1. The molecule has 27 heavy (non-hydrogen) atoms. The third-order valence-electron chi connectivity index (χ3n) is 4.82. The van der Waals surface area contributed by atoms with Gasteiger partial charge in [-0.2, -0.15) is 4.98 Å². The van der Waals surface area contributed by atoms with Gasteiger partial charge in [-0.25, -0.2) is 0 Å². The second kappa shape index (κ2) is 7.19. The molecule has 4 atom stereocenters. The highest BCUT2D eigenvalue weighted by Gasteiger charge is 2.41. The largest absolute Gasteiger partial charge is 0.388 e. The summed E-state index contributed by atoms with van der Waals surface area (Å²) in [7, 11) is 0. The Morgan fingerprint density at radius 2 is 2.33 bits per heavy atom. The standard InChI is InChI=1S/C17H20N4O4S2/c1-2-4-8(11-5-3-6-26-11)10-7-9(22)15(25-10)21-13-12(27-17(21)24)14(23)20-16(18)19-13/h3,5-6,8-10,15,22H,2,4,7H2,1H3,(H3,18,19,20,23)/t8?,9-,10+,15-/m1/s1. The zero-order valence-electron chi connectivity index (χ0n) is 14.6. The molecule has 4 rings (SSSR count). The summed E-state index contributed by atoms with van der Waals surface area (Å²) in [6.07, 6.45) is 0.351. The number of nitrogens with zero attached hydrogens (tertiary/aromatic N) is 2. The Hall–Kier alpha value is -2.01. The van der Waals surface area contributed by atoms with Gasteiger partial charge < -0.3 is 15.6 Å². The van der Waals surface area contributed by atoms with E-state index in [2.05, 4.69) is 23.0 Å². The lowest BCUT2D eigenvalue weighted by atomic mass is 9.93. The van der Waals surface area contributed by atoms with Gasteiger partial charge in [0.1, 0.15) is 10.8 Å². The van der Waals surface area contributed by atoms with E-state index in [0.717, 1.165) is 24.2 Å². The van der Waals surface area contributed by atoms with E-state index in [4.69, 9.17) is 10.5 Å². The Balaban J connectivity index is 1.72. The van der Waals surface area contributed by atoms with Crippen LogP contribution in [0.1, 0.15) is 43.2 Å². The van der Waals surface area contributed by atoms with E-state index >= 15 is 0 Å². The molecule has 4 N–H and O–H groups in total. The van der Waals surface area contributed by atoms with Gasteiger partial charge in [0, 0.05) is 17.2 Å². The number of fused-ring (bicyclic) bond motifs is 1. The van der Waals surface area contributed by atoms with Crippen molar-refractivity contribution in [1.29, 1.82) is 0 Å². The number of hydrogen-bond acceptors (Lipinski definition) is 8. The third kappa shape index (κ3) is 3.22. The summed E-state index contributed by atoms with van der Waals surface area (Å²) in [5, 5.41) is 12.7. The summed E-state index contributed by atoms with van der Waals surface area (Å²) in [5.74, 6) is 0.0715. The minimum Gasteiger partial charge on any atom is -0.388 e. The van der Waals surface area contributed by atoms with Crippen molar-refractivity contribution < 1.29 is 9.84 Å². The topological polar surface area (TPSA) is 123 Å².